The molecule has 0 aromatic heterocycles. The third kappa shape index (κ3) is 2.70. The molecule has 0 amide bonds. The second-order valence-corrected chi connectivity index (χ2v) is 5.38. The highest BCUT2D eigenvalue weighted by Gasteiger charge is 2.23. The summed E-state index contributed by atoms with van der Waals surface area (Å²) in [6.45, 7) is 9.69. The van der Waals surface area contributed by atoms with Crippen molar-refractivity contribution in [3.8, 4) is 0 Å². The molecular formula is C15H24N2. The fourth-order valence-electron chi connectivity index (χ4n) is 3.03. The minimum absolute atomic E-state index is 0.593. The number of likely N-dealkylation sites (tertiary alicyclic amines) is 1. The van der Waals surface area contributed by atoms with Crippen LogP contribution < -0.4 is 5.73 Å². The van der Waals surface area contributed by atoms with Gasteiger partial charge in [-0.3, -0.25) is 4.90 Å². The average molecular weight is 232 g/mol. The van der Waals surface area contributed by atoms with Crippen molar-refractivity contribution in [2.24, 2.45) is 5.73 Å². The van der Waals surface area contributed by atoms with E-state index >= 15 is 0 Å². The molecule has 1 unspecified atom stereocenters. The second kappa shape index (κ2) is 5.19. The van der Waals surface area contributed by atoms with Gasteiger partial charge in [0.15, 0.2) is 0 Å². The van der Waals surface area contributed by atoms with Crippen LogP contribution in [-0.2, 0) is 6.54 Å². The van der Waals surface area contributed by atoms with Crippen molar-refractivity contribution >= 4 is 0 Å². The summed E-state index contributed by atoms with van der Waals surface area (Å²) in [6, 6.07) is 5.17. The summed E-state index contributed by atoms with van der Waals surface area (Å²) in [5, 5.41) is 0. The highest BCUT2D eigenvalue weighted by molar-refractivity contribution is 5.37. The number of benzene rings is 1. The van der Waals surface area contributed by atoms with Crippen LogP contribution in [0.4, 0.5) is 0 Å². The minimum Gasteiger partial charge on any atom is -0.329 e. The number of nitrogens with two attached hydrogens (primary N) is 1. The molecule has 0 radical (unpaired) electrons. The molecule has 0 bridgehead atoms. The molecule has 94 valence electrons. The van der Waals surface area contributed by atoms with Crippen molar-refractivity contribution in [1.82, 2.24) is 4.90 Å². The van der Waals surface area contributed by atoms with Gasteiger partial charge in [0.2, 0.25) is 0 Å². The van der Waals surface area contributed by atoms with Gasteiger partial charge in [-0.05, 0) is 56.8 Å². The zero-order valence-electron chi connectivity index (χ0n) is 11.3. The Labute approximate surface area is 105 Å². The second-order valence-electron chi connectivity index (χ2n) is 5.38. The molecule has 0 spiro atoms. The Bertz CT molecular complexity index is 375. The fourth-order valence-corrected chi connectivity index (χ4v) is 3.03. The lowest BCUT2D eigenvalue weighted by Crippen LogP contribution is -2.35. The van der Waals surface area contributed by atoms with Crippen molar-refractivity contribution in [3.05, 3.63) is 34.4 Å². The molecule has 1 aliphatic heterocycles. The molecule has 2 N–H and O–H groups in total. The van der Waals surface area contributed by atoms with E-state index in [9.17, 15) is 0 Å². The molecule has 1 aromatic rings. The monoisotopic (exact) mass is 232 g/mol. The summed E-state index contributed by atoms with van der Waals surface area (Å²) in [4.78, 5) is 2.55. The number of nitrogens with zero attached hydrogens (tertiary/aromatic N) is 1. The van der Waals surface area contributed by atoms with E-state index in [4.69, 9.17) is 5.73 Å². The van der Waals surface area contributed by atoms with E-state index in [1.165, 1.54) is 41.6 Å². The molecule has 2 heteroatoms. The van der Waals surface area contributed by atoms with Crippen LogP contribution in [0.5, 0.6) is 0 Å². The lowest BCUT2D eigenvalue weighted by Gasteiger charge is -2.25. The van der Waals surface area contributed by atoms with E-state index < -0.39 is 0 Å². The molecule has 0 saturated carbocycles. The number of hydrogen-bond donors (Lipinski definition) is 1. The Balaban J connectivity index is 2.18. The summed E-state index contributed by atoms with van der Waals surface area (Å²) in [5.74, 6) is 0. The highest BCUT2D eigenvalue weighted by Crippen LogP contribution is 2.23. The van der Waals surface area contributed by atoms with E-state index in [0.717, 1.165) is 13.1 Å². The lowest BCUT2D eigenvalue weighted by atomic mass is 9.99. The molecular weight excluding hydrogens is 208 g/mol. The third-order valence-corrected chi connectivity index (χ3v) is 3.97. The third-order valence-electron chi connectivity index (χ3n) is 3.97. The van der Waals surface area contributed by atoms with Crippen LogP contribution in [0.2, 0.25) is 0 Å². The first-order valence-corrected chi connectivity index (χ1v) is 6.62. The van der Waals surface area contributed by atoms with Crippen LogP contribution in [0.25, 0.3) is 0 Å². The Hall–Kier alpha value is -0.860. The Morgan fingerprint density at radius 1 is 1.24 bits per heavy atom. The normalized spacial score (nSPS) is 21.1. The van der Waals surface area contributed by atoms with Crippen LogP contribution in [0.1, 0.15) is 35.1 Å². The maximum absolute atomic E-state index is 5.84. The van der Waals surface area contributed by atoms with Crippen LogP contribution in [0.15, 0.2) is 12.1 Å². The topological polar surface area (TPSA) is 29.3 Å². The smallest absolute Gasteiger partial charge is 0.0242 e. The predicted molar refractivity (Wildman–Crippen MR) is 73.1 cm³/mol. The van der Waals surface area contributed by atoms with Crippen LogP contribution >= 0.6 is 0 Å². The first-order chi connectivity index (χ1) is 8.11. The quantitative estimate of drug-likeness (QED) is 0.867. The number of hydrogen-bond acceptors (Lipinski definition) is 2. The molecule has 2 nitrogen and oxygen atoms in total. The predicted octanol–water partition coefficient (Wildman–Crippen LogP) is 2.53. The average Bonchev–Trinajstić information content (AvgIpc) is 2.70. The molecule has 1 aromatic carbocycles. The van der Waals surface area contributed by atoms with Gasteiger partial charge < -0.3 is 5.73 Å². The molecule has 17 heavy (non-hydrogen) atoms. The zero-order valence-corrected chi connectivity index (χ0v) is 11.3. The Kier molecular flexibility index (Phi) is 3.85. The highest BCUT2D eigenvalue weighted by atomic mass is 15.2. The summed E-state index contributed by atoms with van der Waals surface area (Å²) in [5.41, 5.74) is 11.5. The zero-order chi connectivity index (χ0) is 12.4. The van der Waals surface area contributed by atoms with Gasteiger partial charge in [-0.15, -0.1) is 0 Å². The van der Waals surface area contributed by atoms with Gasteiger partial charge in [-0.25, -0.2) is 0 Å². The van der Waals surface area contributed by atoms with Crippen LogP contribution in [-0.4, -0.2) is 24.0 Å². The first-order valence-electron chi connectivity index (χ1n) is 6.62. The fraction of sp³-hybridized carbons (Fsp3) is 0.600. The Morgan fingerprint density at radius 2 is 1.88 bits per heavy atom. The van der Waals surface area contributed by atoms with Gasteiger partial charge in [0.25, 0.3) is 0 Å². The summed E-state index contributed by atoms with van der Waals surface area (Å²) in [6.07, 6.45) is 2.56. The standard InChI is InChI=1S/C15H24N2/c1-11-7-12(2)15(13(3)8-11)10-17-6-4-5-14(17)9-16/h7-8,14H,4-6,9-10,16H2,1-3H3. The van der Waals surface area contributed by atoms with Crippen LogP contribution in [0, 0.1) is 20.8 Å². The van der Waals surface area contributed by atoms with Gasteiger partial charge in [-0.2, -0.15) is 0 Å². The number of aryl methyl sites for hydroxylation is 3. The van der Waals surface area contributed by atoms with Gasteiger partial charge in [-0.1, -0.05) is 17.7 Å². The van der Waals surface area contributed by atoms with E-state index in [1.54, 1.807) is 0 Å². The lowest BCUT2D eigenvalue weighted by molar-refractivity contribution is 0.249. The summed E-state index contributed by atoms with van der Waals surface area (Å²) in [7, 11) is 0. The van der Waals surface area contributed by atoms with Crippen molar-refractivity contribution in [2.75, 3.05) is 13.1 Å². The molecule has 1 heterocycles. The maximum Gasteiger partial charge on any atom is 0.0242 e. The van der Waals surface area contributed by atoms with E-state index in [-0.39, 0.29) is 0 Å². The van der Waals surface area contributed by atoms with Crippen LogP contribution in [0.3, 0.4) is 0 Å². The largest absolute Gasteiger partial charge is 0.329 e. The van der Waals surface area contributed by atoms with Gasteiger partial charge in [0.1, 0.15) is 0 Å². The maximum atomic E-state index is 5.84. The molecule has 1 saturated heterocycles. The van der Waals surface area contributed by atoms with Crippen molar-refractivity contribution in [2.45, 2.75) is 46.2 Å². The van der Waals surface area contributed by atoms with Crippen molar-refractivity contribution in [3.63, 3.8) is 0 Å². The van der Waals surface area contributed by atoms with Gasteiger partial charge in [0.05, 0.1) is 0 Å². The molecule has 1 fully saturated rings. The first kappa shape index (κ1) is 12.6. The van der Waals surface area contributed by atoms with E-state index in [0.29, 0.717) is 6.04 Å². The van der Waals surface area contributed by atoms with Gasteiger partial charge in [0, 0.05) is 19.1 Å². The molecule has 1 aliphatic rings. The number of rotatable bonds is 3. The Morgan fingerprint density at radius 3 is 2.47 bits per heavy atom. The molecule has 1 atom stereocenters. The van der Waals surface area contributed by atoms with Crippen molar-refractivity contribution < 1.29 is 0 Å². The molecule has 2 rings (SSSR count). The molecule has 0 aliphatic carbocycles. The summed E-state index contributed by atoms with van der Waals surface area (Å²) >= 11 is 0. The van der Waals surface area contributed by atoms with Crippen molar-refractivity contribution in [1.29, 1.82) is 0 Å². The van der Waals surface area contributed by atoms with Gasteiger partial charge >= 0.3 is 0 Å². The van der Waals surface area contributed by atoms with E-state index in [2.05, 4.69) is 37.8 Å². The SMILES string of the molecule is Cc1cc(C)c(CN2CCCC2CN)c(C)c1. The minimum atomic E-state index is 0.593. The summed E-state index contributed by atoms with van der Waals surface area (Å²) < 4.78 is 0. The van der Waals surface area contributed by atoms with E-state index in [1.807, 2.05) is 0 Å².